The summed E-state index contributed by atoms with van der Waals surface area (Å²) in [5.41, 5.74) is 2.11. The first-order valence-corrected chi connectivity index (χ1v) is 12.7. The first kappa shape index (κ1) is 25.9. The number of benzene rings is 1. The number of pyridine rings is 1. The van der Waals surface area contributed by atoms with E-state index in [-0.39, 0.29) is 18.2 Å². The van der Waals surface area contributed by atoms with E-state index in [2.05, 4.69) is 46.3 Å². The molecule has 1 aliphatic rings. The summed E-state index contributed by atoms with van der Waals surface area (Å²) in [4.78, 5) is 26.3. The Morgan fingerprint density at radius 2 is 1.92 bits per heavy atom. The summed E-state index contributed by atoms with van der Waals surface area (Å²) in [7, 11) is 1.63. The smallest absolute Gasteiger partial charge is 0.274 e. The molecule has 192 valence electrons. The first-order chi connectivity index (χ1) is 17.4. The van der Waals surface area contributed by atoms with Crippen molar-refractivity contribution >= 4 is 44.8 Å². The Morgan fingerprint density at radius 3 is 2.61 bits per heavy atom. The second-order valence-electron chi connectivity index (χ2n) is 8.81. The lowest BCUT2D eigenvalue weighted by atomic mass is 10.2. The van der Waals surface area contributed by atoms with Crippen molar-refractivity contribution in [3.63, 3.8) is 0 Å². The number of β-amino-alcohol motifs (C(OH)–C–C–N with tert-alkyl or cyclic N) is 1. The molecule has 36 heavy (non-hydrogen) atoms. The highest BCUT2D eigenvalue weighted by molar-refractivity contribution is 9.10. The average molecular weight is 558 g/mol. The number of aliphatic hydroxyl groups is 1. The highest BCUT2D eigenvalue weighted by Crippen LogP contribution is 2.32. The van der Waals surface area contributed by atoms with E-state index in [9.17, 15) is 4.79 Å². The van der Waals surface area contributed by atoms with E-state index in [0.717, 1.165) is 37.6 Å². The molecule has 3 aromatic rings. The van der Waals surface area contributed by atoms with E-state index >= 15 is 0 Å². The van der Waals surface area contributed by atoms with Crippen molar-refractivity contribution < 1.29 is 9.84 Å². The number of aliphatic hydroxyl groups excluding tert-OH is 1. The van der Waals surface area contributed by atoms with Gasteiger partial charge in [0.2, 0.25) is 5.95 Å². The van der Waals surface area contributed by atoms with Crippen LogP contribution in [0, 0.1) is 0 Å². The SMILES string of the molecule is COc1cc(N2CCN(CCO)CC2)ccc1Nc1ncc(Br)c(Nc2cccn(C(C)C)c2=O)n1. The number of methoxy groups -OCH3 is 1. The molecule has 0 spiro atoms. The third-order valence-electron chi connectivity index (χ3n) is 6.11. The summed E-state index contributed by atoms with van der Waals surface area (Å²) in [5, 5.41) is 15.5. The molecule has 1 aromatic carbocycles. The van der Waals surface area contributed by atoms with Crippen LogP contribution in [0.3, 0.4) is 0 Å². The zero-order chi connectivity index (χ0) is 25.7. The fourth-order valence-electron chi connectivity index (χ4n) is 4.13. The van der Waals surface area contributed by atoms with Crippen molar-refractivity contribution in [1.82, 2.24) is 19.4 Å². The zero-order valence-electron chi connectivity index (χ0n) is 20.7. The number of anilines is 5. The Bertz CT molecular complexity index is 1240. The quantitative estimate of drug-likeness (QED) is 0.363. The number of rotatable bonds is 9. The summed E-state index contributed by atoms with van der Waals surface area (Å²) >= 11 is 3.47. The lowest BCUT2D eigenvalue weighted by Crippen LogP contribution is -2.47. The monoisotopic (exact) mass is 557 g/mol. The van der Waals surface area contributed by atoms with Gasteiger partial charge in [0, 0.05) is 62.9 Å². The van der Waals surface area contributed by atoms with Crippen molar-refractivity contribution in [3.8, 4) is 5.75 Å². The van der Waals surface area contributed by atoms with Crippen molar-refractivity contribution in [2.75, 3.05) is 62.0 Å². The number of ether oxygens (including phenoxy) is 1. The van der Waals surface area contributed by atoms with Gasteiger partial charge in [-0.05, 0) is 54.0 Å². The molecule has 10 nitrogen and oxygen atoms in total. The van der Waals surface area contributed by atoms with Crippen LogP contribution in [-0.2, 0) is 0 Å². The highest BCUT2D eigenvalue weighted by atomic mass is 79.9. The summed E-state index contributed by atoms with van der Waals surface area (Å²) < 4.78 is 7.95. The largest absolute Gasteiger partial charge is 0.494 e. The number of nitrogens with zero attached hydrogens (tertiary/aromatic N) is 5. The fraction of sp³-hybridized carbons (Fsp3) is 0.400. The number of halogens is 1. The Hall–Kier alpha value is -3.15. The standard InChI is InChI=1S/C25H32BrN7O3/c1-17(2)33-8-4-5-21(24(33)35)28-23-19(26)16-27-25(30-23)29-20-7-6-18(15-22(20)36-3)32-11-9-31(10-12-32)13-14-34/h4-8,15-17,34H,9-14H2,1-3H3,(H2,27,28,29,30). The van der Waals surface area contributed by atoms with Crippen LogP contribution in [0.2, 0.25) is 0 Å². The minimum absolute atomic E-state index is 0.0465. The van der Waals surface area contributed by atoms with E-state index in [1.54, 1.807) is 30.1 Å². The Morgan fingerprint density at radius 1 is 1.14 bits per heavy atom. The van der Waals surface area contributed by atoms with Gasteiger partial charge in [-0.3, -0.25) is 9.69 Å². The second-order valence-corrected chi connectivity index (χ2v) is 9.66. The predicted octanol–water partition coefficient (Wildman–Crippen LogP) is 3.59. The first-order valence-electron chi connectivity index (χ1n) is 11.9. The van der Waals surface area contributed by atoms with Crippen molar-refractivity contribution in [3.05, 3.63) is 57.6 Å². The predicted molar refractivity (Wildman–Crippen MR) is 146 cm³/mol. The molecule has 2 aromatic heterocycles. The van der Waals surface area contributed by atoms with Gasteiger partial charge in [0.25, 0.3) is 5.56 Å². The Kier molecular flexibility index (Phi) is 8.44. The maximum atomic E-state index is 12.8. The van der Waals surface area contributed by atoms with Crippen molar-refractivity contribution in [2.45, 2.75) is 19.9 Å². The van der Waals surface area contributed by atoms with Gasteiger partial charge >= 0.3 is 0 Å². The summed E-state index contributed by atoms with van der Waals surface area (Å²) in [6.07, 6.45) is 3.40. The van der Waals surface area contributed by atoms with Crippen LogP contribution in [0.5, 0.6) is 5.75 Å². The van der Waals surface area contributed by atoms with Crippen LogP contribution in [-0.4, -0.2) is 71.0 Å². The molecule has 11 heteroatoms. The molecule has 0 saturated carbocycles. The minimum Gasteiger partial charge on any atom is -0.494 e. The molecule has 0 bridgehead atoms. The van der Waals surface area contributed by atoms with Crippen LogP contribution in [0.4, 0.5) is 28.8 Å². The van der Waals surface area contributed by atoms with Gasteiger partial charge in [-0.2, -0.15) is 4.98 Å². The molecule has 1 aliphatic heterocycles. The molecule has 0 unspecified atom stereocenters. The topological polar surface area (TPSA) is 108 Å². The fourth-order valence-corrected chi connectivity index (χ4v) is 4.42. The molecular formula is C25H32BrN7O3. The minimum atomic E-state index is -0.123. The van der Waals surface area contributed by atoms with Crippen LogP contribution in [0.15, 0.2) is 52.0 Å². The lowest BCUT2D eigenvalue weighted by molar-refractivity contribution is 0.189. The molecule has 0 atom stereocenters. The molecule has 1 saturated heterocycles. The Balaban J connectivity index is 1.51. The highest BCUT2D eigenvalue weighted by Gasteiger charge is 2.18. The van der Waals surface area contributed by atoms with Crippen LogP contribution in [0.25, 0.3) is 0 Å². The lowest BCUT2D eigenvalue weighted by Gasteiger charge is -2.36. The molecule has 0 amide bonds. The molecule has 3 N–H and O–H groups in total. The van der Waals surface area contributed by atoms with Crippen LogP contribution < -0.4 is 25.8 Å². The number of aromatic nitrogens is 3. The Labute approximate surface area is 219 Å². The normalized spacial score (nSPS) is 14.2. The van der Waals surface area contributed by atoms with Crippen LogP contribution in [0.1, 0.15) is 19.9 Å². The van der Waals surface area contributed by atoms with Crippen LogP contribution >= 0.6 is 15.9 Å². The average Bonchev–Trinajstić information content (AvgIpc) is 2.88. The number of hydrogen-bond donors (Lipinski definition) is 3. The molecule has 0 aliphatic carbocycles. The van der Waals surface area contributed by atoms with Gasteiger partial charge in [0.1, 0.15) is 11.4 Å². The van der Waals surface area contributed by atoms with Gasteiger partial charge in [-0.15, -0.1) is 0 Å². The van der Waals surface area contributed by atoms with Gasteiger partial charge in [0.05, 0.1) is 23.9 Å². The van der Waals surface area contributed by atoms with E-state index in [0.29, 0.717) is 34.2 Å². The van der Waals surface area contributed by atoms with E-state index in [1.165, 1.54) is 0 Å². The summed E-state index contributed by atoms with van der Waals surface area (Å²) in [6, 6.07) is 9.60. The molecule has 4 rings (SSSR count). The molecular weight excluding hydrogens is 526 g/mol. The van der Waals surface area contributed by atoms with Crippen molar-refractivity contribution in [2.24, 2.45) is 0 Å². The van der Waals surface area contributed by atoms with E-state index in [1.807, 2.05) is 38.1 Å². The van der Waals surface area contributed by atoms with Gasteiger partial charge in [0.15, 0.2) is 5.82 Å². The summed E-state index contributed by atoms with van der Waals surface area (Å²) in [6.45, 7) is 8.42. The van der Waals surface area contributed by atoms with Gasteiger partial charge in [-0.25, -0.2) is 4.98 Å². The molecule has 0 radical (unpaired) electrons. The van der Waals surface area contributed by atoms with Gasteiger partial charge in [-0.1, -0.05) is 0 Å². The number of nitrogens with one attached hydrogen (secondary N) is 2. The second kappa shape index (κ2) is 11.7. The van der Waals surface area contributed by atoms with Crippen molar-refractivity contribution in [1.29, 1.82) is 0 Å². The zero-order valence-corrected chi connectivity index (χ0v) is 22.3. The maximum absolute atomic E-state index is 12.8. The van der Waals surface area contributed by atoms with E-state index in [4.69, 9.17) is 9.84 Å². The molecule has 1 fully saturated rings. The molecule has 3 heterocycles. The third kappa shape index (κ3) is 5.97. The maximum Gasteiger partial charge on any atom is 0.274 e. The van der Waals surface area contributed by atoms with E-state index < -0.39 is 0 Å². The number of piperazine rings is 1. The third-order valence-corrected chi connectivity index (χ3v) is 6.69. The number of hydrogen-bond acceptors (Lipinski definition) is 9. The summed E-state index contributed by atoms with van der Waals surface area (Å²) in [5.74, 6) is 1.51. The van der Waals surface area contributed by atoms with Gasteiger partial charge < -0.3 is 29.9 Å².